The second-order valence-corrected chi connectivity index (χ2v) is 4.23. The topological polar surface area (TPSA) is 61.6 Å². The molecule has 0 amide bonds. The van der Waals surface area contributed by atoms with Crippen LogP contribution in [0.1, 0.15) is 11.1 Å². The Balaban J connectivity index is 2.08. The fourth-order valence-corrected chi connectivity index (χ4v) is 1.80. The van der Waals surface area contributed by atoms with Crippen molar-refractivity contribution in [1.29, 1.82) is 5.26 Å². The van der Waals surface area contributed by atoms with Crippen LogP contribution in [0.2, 0.25) is 0 Å². The lowest BCUT2D eigenvalue weighted by atomic mass is 10.2. The third-order valence-electron chi connectivity index (χ3n) is 2.18. The normalized spacial score (nSPS) is 9.65. The van der Waals surface area contributed by atoms with Crippen molar-refractivity contribution in [3.05, 3.63) is 52.4 Å². The Bertz CT molecular complexity index is 548. The first-order valence-electron chi connectivity index (χ1n) is 4.98. The fraction of sp³-hybridized carbons (Fsp3) is 0.0833. The molecule has 0 fully saturated rings. The monoisotopic (exact) mass is 288 g/mol. The Morgan fingerprint density at radius 3 is 2.76 bits per heavy atom. The molecule has 2 aromatic heterocycles. The van der Waals surface area contributed by atoms with Crippen molar-refractivity contribution in [2.24, 2.45) is 0 Å². The lowest BCUT2D eigenvalue weighted by Crippen LogP contribution is -2.02. The summed E-state index contributed by atoms with van der Waals surface area (Å²) in [7, 11) is 0. The summed E-state index contributed by atoms with van der Waals surface area (Å²) >= 11 is 3.37. The van der Waals surface area contributed by atoms with Gasteiger partial charge in [0.1, 0.15) is 11.9 Å². The predicted molar refractivity (Wildman–Crippen MR) is 68.2 cm³/mol. The molecular weight excluding hydrogens is 280 g/mol. The number of hydrogen-bond donors (Lipinski definition) is 1. The molecule has 17 heavy (non-hydrogen) atoms. The summed E-state index contributed by atoms with van der Waals surface area (Å²) in [5.74, 6) is 0.723. The molecule has 0 saturated carbocycles. The van der Waals surface area contributed by atoms with Crippen LogP contribution in [0.15, 0.2) is 41.3 Å². The summed E-state index contributed by atoms with van der Waals surface area (Å²) in [6.07, 6.45) is 5.04. The van der Waals surface area contributed by atoms with Crippen LogP contribution in [-0.2, 0) is 6.54 Å². The lowest BCUT2D eigenvalue weighted by molar-refractivity contribution is 1.09. The maximum atomic E-state index is 8.72. The number of nitriles is 1. The van der Waals surface area contributed by atoms with E-state index < -0.39 is 0 Å². The molecule has 0 atom stereocenters. The van der Waals surface area contributed by atoms with Crippen LogP contribution in [0.5, 0.6) is 0 Å². The number of pyridine rings is 2. The van der Waals surface area contributed by atoms with Gasteiger partial charge in [0, 0.05) is 25.1 Å². The van der Waals surface area contributed by atoms with Crippen LogP contribution in [0.25, 0.3) is 0 Å². The van der Waals surface area contributed by atoms with Crippen LogP contribution < -0.4 is 5.32 Å². The molecule has 0 unspecified atom stereocenters. The van der Waals surface area contributed by atoms with Gasteiger partial charge in [0.2, 0.25) is 0 Å². The van der Waals surface area contributed by atoms with Crippen molar-refractivity contribution >= 4 is 21.7 Å². The van der Waals surface area contributed by atoms with Crippen LogP contribution in [0.4, 0.5) is 5.82 Å². The SMILES string of the molecule is N#Cc1cnc(NCc2ccncc2)c(Br)c1. The highest BCUT2D eigenvalue weighted by Crippen LogP contribution is 2.20. The number of rotatable bonds is 3. The first-order valence-corrected chi connectivity index (χ1v) is 5.77. The molecule has 0 spiro atoms. The van der Waals surface area contributed by atoms with Crippen molar-refractivity contribution in [2.45, 2.75) is 6.54 Å². The van der Waals surface area contributed by atoms with Gasteiger partial charge in [-0.2, -0.15) is 5.26 Å². The number of aromatic nitrogens is 2. The molecule has 4 nitrogen and oxygen atoms in total. The highest BCUT2D eigenvalue weighted by molar-refractivity contribution is 9.10. The van der Waals surface area contributed by atoms with Crippen molar-refractivity contribution in [3.63, 3.8) is 0 Å². The molecule has 1 N–H and O–H groups in total. The highest BCUT2D eigenvalue weighted by atomic mass is 79.9. The Hall–Kier alpha value is -1.93. The van der Waals surface area contributed by atoms with Gasteiger partial charge in [0.25, 0.3) is 0 Å². The Morgan fingerprint density at radius 1 is 1.35 bits per heavy atom. The number of halogens is 1. The number of hydrogen-bond acceptors (Lipinski definition) is 4. The van der Waals surface area contributed by atoms with E-state index in [1.165, 1.54) is 0 Å². The van der Waals surface area contributed by atoms with Gasteiger partial charge in [-0.05, 0) is 39.7 Å². The summed E-state index contributed by atoms with van der Waals surface area (Å²) in [5, 5.41) is 11.9. The van der Waals surface area contributed by atoms with E-state index in [0.29, 0.717) is 12.1 Å². The summed E-state index contributed by atoms with van der Waals surface area (Å²) in [6, 6.07) is 7.65. The van der Waals surface area contributed by atoms with Crippen LogP contribution in [-0.4, -0.2) is 9.97 Å². The van der Waals surface area contributed by atoms with Crippen LogP contribution in [0, 0.1) is 11.3 Å². The molecule has 0 radical (unpaired) electrons. The molecule has 2 aromatic rings. The van der Waals surface area contributed by atoms with E-state index in [9.17, 15) is 0 Å². The Morgan fingerprint density at radius 2 is 2.12 bits per heavy atom. The number of nitrogens with one attached hydrogen (secondary N) is 1. The van der Waals surface area contributed by atoms with Crippen molar-refractivity contribution in [1.82, 2.24) is 9.97 Å². The van der Waals surface area contributed by atoms with Gasteiger partial charge in [0.15, 0.2) is 0 Å². The largest absolute Gasteiger partial charge is 0.365 e. The van der Waals surface area contributed by atoms with Crippen molar-refractivity contribution in [3.8, 4) is 6.07 Å². The van der Waals surface area contributed by atoms with Gasteiger partial charge in [0.05, 0.1) is 10.0 Å². The van der Waals surface area contributed by atoms with E-state index in [2.05, 4.69) is 31.2 Å². The van der Waals surface area contributed by atoms with Crippen LogP contribution in [0.3, 0.4) is 0 Å². The van der Waals surface area contributed by atoms with Crippen molar-refractivity contribution in [2.75, 3.05) is 5.32 Å². The zero-order chi connectivity index (χ0) is 12.1. The van der Waals surface area contributed by atoms with Gasteiger partial charge in [-0.25, -0.2) is 4.98 Å². The molecular formula is C12H9BrN4. The molecule has 84 valence electrons. The van der Waals surface area contributed by atoms with Crippen LogP contribution >= 0.6 is 15.9 Å². The molecule has 5 heteroatoms. The third-order valence-corrected chi connectivity index (χ3v) is 2.78. The smallest absolute Gasteiger partial charge is 0.140 e. The average molecular weight is 289 g/mol. The Kier molecular flexibility index (Phi) is 3.68. The zero-order valence-corrected chi connectivity index (χ0v) is 10.5. The van der Waals surface area contributed by atoms with E-state index >= 15 is 0 Å². The van der Waals surface area contributed by atoms with Crippen molar-refractivity contribution < 1.29 is 0 Å². The van der Waals surface area contributed by atoms with Gasteiger partial charge in [-0.3, -0.25) is 4.98 Å². The standard InChI is InChI=1S/C12H9BrN4/c13-11-5-10(6-14)8-17-12(11)16-7-9-1-3-15-4-2-9/h1-5,8H,7H2,(H,16,17). The first-order chi connectivity index (χ1) is 8.29. The number of anilines is 1. The summed E-state index contributed by atoms with van der Waals surface area (Å²) in [4.78, 5) is 8.12. The molecule has 0 bridgehead atoms. The van der Waals surface area contributed by atoms with E-state index in [4.69, 9.17) is 5.26 Å². The van der Waals surface area contributed by atoms with E-state index in [1.807, 2.05) is 18.2 Å². The molecule has 0 aliphatic heterocycles. The fourth-order valence-electron chi connectivity index (χ4n) is 1.32. The first kappa shape index (κ1) is 11.6. The maximum Gasteiger partial charge on any atom is 0.140 e. The maximum absolute atomic E-state index is 8.72. The average Bonchev–Trinajstić information content (AvgIpc) is 2.38. The minimum atomic E-state index is 0.534. The molecule has 2 heterocycles. The number of nitrogens with zero attached hydrogens (tertiary/aromatic N) is 3. The van der Waals surface area contributed by atoms with Gasteiger partial charge in [-0.15, -0.1) is 0 Å². The molecule has 2 rings (SSSR count). The minimum Gasteiger partial charge on any atom is -0.365 e. The molecule has 0 aromatic carbocycles. The minimum absolute atomic E-state index is 0.534. The summed E-state index contributed by atoms with van der Waals surface area (Å²) in [6.45, 7) is 0.667. The van der Waals surface area contributed by atoms with Gasteiger partial charge >= 0.3 is 0 Å². The van der Waals surface area contributed by atoms with E-state index in [1.54, 1.807) is 24.7 Å². The predicted octanol–water partition coefficient (Wildman–Crippen LogP) is 2.72. The third kappa shape index (κ3) is 3.02. The molecule has 0 saturated heterocycles. The van der Waals surface area contributed by atoms with E-state index in [-0.39, 0.29) is 0 Å². The van der Waals surface area contributed by atoms with Gasteiger partial charge < -0.3 is 5.32 Å². The highest BCUT2D eigenvalue weighted by Gasteiger charge is 2.02. The lowest BCUT2D eigenvalue weighted by Gasteiger charge is -2.07. The summed E-state index contributed by atoms with van der Waals surface area (Å²) < 4.78 is 0.783. The molecule has 0 aliphatic rings. The Labute approximate surface area is 107 Å². The molecule has 0 aliphatic carbocycles. The quantitative estimate of drug-likeness (QED) is 0.943. The zero-order valence-electron chi connectivity index (χ0n) is 8.89. The second kappa shape index (κ2) is 5.41. The van der Waals surface area contributed by atoms with E-state index in [0.717, 1.165) is 15.9 Å². The summed E-state index contributed by atoms with van der Waals surface area (Å²) in [5.41, 5.74) is 1.66. The van der Waals surface area contributed by atoms with Gasteiger partial charge in [-0.1, -0.05) is 0 Å². The second-order valence-electron chi connectivity index (χ2n) is 3.38.